The van der Waals surface area contributed by atoms with Crippen molar-refractivity contribution in [1.29, 1.82) is 0 Å². The molecule has 1 aliphatic carbocycles. The lowest BCUT2D eigenvalue weighted by atomic mass is 9.82. The molecular weight excluding hydrogens is 317 g/mol. The molecule has 6 heteroatoms. The highest BCUT2D eigenvalue weighted by atomic mass is 19.1. The summed E-state index contributed by atoms with van der Waals surface area (Å²) >= 11 is 0. The van der Waals surface area contributed by atoms with Gasteiger partial charge in [-0.2, -0.15) is 4.98 Å². The summed E-state index contributed by atoms with van der Waals surface area (Å²) < 4.78 is 9.50. The largest absolute Gasteiger partial charge is 0.368 e. The van der Waals surface area contributed by atoms with E-state index in [2.05, 4.69) is 45.2 Å². The molecule has 1 aromatic carbocycles. The van der Waals surface area contributed by atoms with Crippen molar-refractivity contribution in [3.05, 3.63) is 47.2 Å². The molecule has 2 atom stereocenters. The number of alkyl halides is 1. The smallest absolute Gasteiger partial charge is 0.222 e. The predicted octanol–water partition coefficient (Wildman–Crippen LogP) is 2.65. The van der Waals surface area contributed by atoms with E-state index in [0.29, 0.717) is 19.0 Å². The molecule has 0 bridgehead atoms. The molecule has 2 unspecified atom stereocenters. The van der Waals surface area contributed by atoms with Crippen molar-refractivity contribution in [2.45, 2.75) is 37.6 Å². The average molecular weight is 343 g/mol. The molecule has 0 spiro atoms. The Balaban J connectivity index is 0.000000880. The Morgan fingerprint density at radius 3 is 2.56 bits per heavy atom. The Morgan fingerprint density at radius 2 is 1.88 bits per heavy atom. The van der Waals surface area contributed by atoms with Gasteiger partial charge in [-0.15, -0.1) is 0 Å². The summed E-state index contributed by atoms with van der Waals surface area (Å²) in [6, 6.07) is 10.8. The first-order valence-electron chi connectivity index (χ1n) is 8.82. The Bertz CT molecular complexity index is 706. The average Bonchev–Trinajstić information content (AvgIpc) is 3.09. The lowest BCUT2D eigenvalue weighted by molar-refractivity contribution is 0.594. The first-order chi connectivity index (χ1) is 12.2. The van der Waals surface area contributed by atoms with Gasteiger partial charge in [-0.25, -0.2) is 4.98 Å². The second-order valence-corrected chi connectivity index (χ2v) is 6.62. The van der Waals surface area contributed by atoms with Crippen molar-refractivity contribution in [3.63, 3.8) is 0 Å². The minimum Gasteiger partial charge on any atom is -0.368 e. The van der Waals surface area contributed by atoms with E-state index in [0.717, 1.165) is 50.3 Å². The van der Waals surface area contributed by atoms with Gasteiger partial charge in [0, 0.05) is 30.6 Å². The Morgan fingerprint density at radius 1 is 1.12 bits per heavy atom. The number of nitrogens with zero attached hydrogens (tertiary/aromatic N) is 3. The van der Waals surface area contributed by atoms with Gasteiger partial charge in [0.25, 0.3) is 0 Å². The van der Waals surface area contributed by atoms with Crippen LogP contribution < -0.4 is 16.4 Å². The lowest BCUT2D eigenvalue weighted by Crippen LogP contribution is -2.29. The molecular formula is C19H26FN5. The van der Waals surface area contributed by atoms with Crippen LogP contribution in [-0.4, -0.2) is 36.3 Å². The van der Waals surface area contributed by atoms with Gasteiger partial charge >= 0.3 is 0 Å². The van der Waals surface area contributed by atoms with E-state index in [1.54, 1.807) is 0 Å². The van der Waals surface area contributed by atoms with Crippen LogP contribution in [0.5, 0.6) is 0 Å². The van der Waals surface area contributed by atoms with Crippen LogP contribution in [0.25, 0.3) is 0 Å². The zero-order valence-electron chi connectivity index (χ0n) is 14.7. The van der Waals surface area contributed by atoms with Crippen LogP contribution in [0, 0.1) is 0 Å². The molecule has 0 saturated carbocycles. The summed E-state index contributed by atoms with van der Waals surface area (Å²) in [5.74, 6) is 1.71. The van der Waals surface area contributed by atoms with Crippen molar-refractivity contribution in [2.24, 2.45) is 5.73 Å². The standard InChI is InChI=1S/C18H23N5.CH3F/c19-13-9-10-23(11-13)17-15-8-4-7-14(12-5-2-1-3-6-12)16(15)21-18(20)22-17;1-2/h1-3,5-6,13-14H,4,7-11,19H2,(H2,20,21,22);1H3. The summed E-state index contributed by atoms with van der Waals surface area (Å²) in [6.07, 6.45) is 4.32. The monoisotopic (exact) mass is 343 g/mol. The van der Waals surface area contributed by atoms with E-state index in [-0.39, 0.29) is 6.04 Å². The maximum atomic E-state index is 9.50. The molecule has 1 aliphatic heterocycles. The number of nitrogens with two attached hydrogens (primary N) is 2. The fourth-order valence-corrected chi connectivity index (χ4v) is 3.91. The van der Waals surface area contributed by atoms with Crippen LogP contribution in [0.15, 0.2) is 30.3 Å². The highest BCUT2D eigenvalue weighted by molar-refractivity contribution is 5.56. The van der Waals surface area contributed by atoms with Gasteiger partial charge < -0.3 is 16.4 Å². The number of fused-ring (bicyclic) bond motifs is 1. The number of benzene rings is 1. The minimum atomic E-state index is 0.232. The van der Waals surface area contributed by atoms with Gasteiger partial charge in [0.2, 0.25) is 5.95 Å². The van der Waals surface area contributed by atoms with E-state index in [1.807, 2.05) is 0 Å². The van der Waals surface area contributed by atoms with E-state index in [9.17, 15) is 4.39 Å². The first-order valence-corrected chi connectivity index (χ1v) is 8.82. The molecule has 1 fully saturated rings. The van der Waals surface area contributed by atoms with Gasteiger partial charge in [0.05, 0.1) is 12.9 Å². The molecule has 4 rings (SSSR count). The lowest BCUT2D eigenvalue weighted by Gasteiger charge is -2.29. The Hall–Kier alpha value is -2.21. The zero-order chi connectivity index (χ0) is 17.8. The highest BCUT2D eigenvalue weighted by Gasteiger charge is 2.30. The fraction of sp³-hybridized carbons (Fsp3) is 0.474. The molecule has 0 radical (unpaired) electrons. The SMILES string of the molecule is CF.Nc1nc2c(c(N3CCC(N)C3)n1)CCCC2c1ccccc1. The van der Waals surface area contributed by atoms with Gasteiger partial charge in [-0.3, -0.25) is 4.39 Å². The second-order valence-electron chi connectivity index (χ2n) is 6.62. The predicted molar refractivity (Wildman–Crippen MR) is 99.5 cm³/mol. The van der Waals surface area contributed by atoms with E-state index in [4.69, 9.17) is 11.5 Å². The zero-order valence-corrected chi connectivity index (χ0v) is 14.7. The van der Waals surface area contributed by atoms with E-state index in [1.165, 1.54) is 11.1 Å². The molecule has 1 aromatic heterocycles. The van der Waals surface area contributed by atoms with Crippen LogP contribution in [0.3, 0.4) is 0 Å². The Labute approximate surface area is 148 Å². The molecule has 4 N–H and O–H groups in total. The number of anilines is 2. The Kier molecular flexibility index (Phi) is 5.48. The number of nitrogen functional groups attached to an aromatic ring is 1. The molecule has 5 nitrogen and oxygen atoms in total. The summed E-state index contributed by atoms with van der Waals surface area (Å²) in [5, 5.41) is 0. The first kappa shape index (κ1) is 17.6. The van der Waals surface area contributed by atoms with Crippen LogP contribution >= 0.6 is 0 Å². The molecule has 1 saturated heterocycles. The summed E-state index contributed by atoms with van der Waals surface area (Å²) in [4.78, 5) is 11.5. The van der Waals surface area contributed by atoms with Crippen LogP contribution in [-0.2, 0) is 6.42 Å². The van der Waals surface area contributed by atoms with Gasteiger partial charge in [-0.1, -0.05) is 30.3 Å². The topological polar surface area (TPSA) is 81.1 Å². The van der Waals surface area contributed by atoms with Crippen LogP contribution in [0.2, 0.25) is 0 Å². The molecule has 134 valence electrons. The number of halogens is 1. The van der Waals surface area contributed by atoms with Crippen molar-refractivity contribution in [2.75, 3.05) is 30.9 Å². The van der Waals surface area contributed by atoms with Crippen molar-refractivity contribution >= 4 is 11.8 Å². The maximum absolute atomic E-state index is 9.50. The van der Waals surface area contributed by atoms with Crippen LogP contribution in [0.1, 0.15) is 42.0 Å². The number of hydrogen-bond acceptors (Lipinski definition) is 5. The molecule has 2 heterocycles. The van der Waals surface area contributed by atoms with E-state index >= 15 is 0 Å². The maximum Gasteiger partial charge on any atom is 0.222 e. The summed E-state index contributed by atoms with van der Waals surface area (Å²) in [6.45, 7) is 1.82. The van der Waals surface area contributed by atoms with Crippen molar-refractivity contribution in [3.8, 4) is 0 Å². The second kappa shape index (κ2) is 7.78. The number of rotatable bonds is 2. The van der Waals surface area contributed by atoms with Crippen LogP contribution in [0.4, 0.5) is 16.2 Å². The highest BCUT2D eigenvalue weighted by Crippen LogP contribution is 2.39. The molecule has 2 aromatic rings. The number of aromatic nitrogens is 2. The van der Waals surface area contributed by atoms with Gasteiger partial charge in [0.15, 0.2) is 0 Å². The summed E-state index contributed by atoms with van der Waals surface area (Å²) in [5.41, 5.74) is 15.8. The molecule has 2 aliphatic rings. The molecule has 25 heavy (non-hydrogen) atoms. The van der Waals surface area contributed by atoms with E-state index < -0.39 is 0 Å². The third-order valence-electron chi connectivity index (χ3n) is 5.01. The van der Waals surface area contributed by atoms with Gasteiger partial charge in [-0.05, 0) is 31.2 Å². The molecule has 0 amide bonds. The third-order valence-corrected chi connectivity index (χ3v) is 5.01. The minimum absolute atomic E-state index is 0.232. The van der Waals surface area contributed by atoms with Crippen molar-refractivity contribution < 1.29 is 4.39 Å². The van der Waals surface area contributed by atoms with Crippen molar-refractivity contribution in [1.82, 2.24) is 9.97 Å². The normalized spacial score (nSPS) is 22.1. The fourth-order valence-electron chi connectivity index (χ4n) is 3.91. The summed E-state index contributed by atoms with van der Waals surface area (Å²) in [7, 11) is 0.500. The quantitative estimate of drug-likeness (QED) is 0.876. The third kappa shape index (κ3) is 3.58. The van der Waals surface area contributed by atoms with Gasteiger partial charge in [0.1, 0.15) is 5.82 Å². The number of hydrogen-bond donors (Lipinski definition) is 2.